The first kappa shape index (κ1) is 18.9. The summed E-state index contributed by atoms with van der Waals surface area (Å²) in [7, 11) is 0. The van der Waals surface area contributed by atoms with E-state index in [1.807, 2.05) is 0 Å². The second-order valence-electron chi connectivity index (χ2n) is 7.67. The van der Waals surface area contributed by atoms with E-state index in [1.165, 1.54) is 27.8 Å². The molecule has 1 N–H and O–H groups in total. The van der Waals surface area contributed by atoms with Crippen molar-refractivity contribution in [2.75, 3.05) is 13.1 Å². The predicted octanol–water partition coefficient (Wildman–Crippen LogP) is 5.14. The highest BCUT2D eigenvalue weighted by molar-refractivity contribution is 5.36. The Morgan fingerprint density at radius 3 is 2.39 bits per heavy atom. The highest BCUT2D eigenvalue weighted by Gasteiger charge is 2.27. The molecule has 2 nitrogen and oxygen atoms in total. The van der Waals surface area contributed by atoms with E-state index < -0.39 is 0 Å². The Balaban J connectivity index is 1.49. The zero-order valence-electron chi connectivity index (χ0n) is 16.8. The molecule has 1 aliphatic rings. The van der Waals surface area contributed by atoms with Gasteiger partial charge in [0.05, 0.1) is 0 Å². The summed E-state index contributed by atoms with van der Waals surface area (Å²) in [4.78, 5) is 2.66. The van der Waals surface area contributed by atoms with Crippen molar-refractivity contribution in [1.82, 2.24) is 10.2 Å². The summed E-state index contributed by atoms with van der Waals surface area (Å²) in [5, 5.41) is 3.63. The standard InChI is InChI=1S/C26H30N2/c1-2-22-12-8-9-15-25(22)26-18-23-13-6-7-14-24(23)20-28(26)17-16-27-19-21-10-4-3-5-11-21/h3-15,26-27H,2,16-20H2,1H3. The normalized spacial score (nSPS) is 16.7. The zero-order valence-corrected chi connectivity index (χ0v) is 16.8. The van der Waals surface area contributed by atoms with Gasteiger partial charge in [0, 0.05) is 32.2 Å². The Bertz CT molecular complexity index is 888. The molecule has 0 spiro atoms. The number of aryl methyl sites for hydroxylation is 1. The smallest absolute Gasteiger partial charge is 0.0395 e. The highest BCUT2D eigenvalue weighted by atomic mass is 15.2. The molecule has 1 aliphatic heterocycles. The molecule has 0 saturated heterocycles. The van der Waals surface area contributed by atoms with Gasteiger partial charge in [-0.15, -0.1) is 0 Å². The molecule has 0 aliphatic carbocycles. The van der Waals surface area contributed by atoms with Gasteiger partial charge in [-0.05, 0) is 40.7 Å². The van der Waals surface area contributed by atoms with Gasteiger partial charge < -0.3 is 5.32 Å². The summed E-state index contributed by atoms with van der Waals surface area (Å²) < 4.78 is 0. The fourth-order valence-corrected chi connectivity index (χ4v) is 4.35. The van der Waals surface area contributed by atoms with E-state index in [1.54, 1.807) is 0 Å². The summed E-state index contributed by atoms with van der Waals surface area (Å²) in [6.45, 7) is 6.29. The Labute approximate surface area is 169 Å². The van der Waals surface area contributed by atoms with Crippen LogP contribution in [0.25, 0.3) is 0 Å². The van der Waals surface area contributed by atoms with Crippen molar-refractivity contribution in [2.24, 2.45) is 0 Å². The minimum atomic E-state index is 0.463. The average Bonchev–Trinajstić information content (AvgIpc) is 2.77. The number of nitrogens with zero attached hydrogens (tertiary/aromatic N) is 1. The lowest BCUT2D eigenvalue weighted by Crippen LogP contribution is -2.39. The zero-order chi connectivity index (χ0) is 19.2. The first-order valence-electron chi connectivity index (χ1n) is 10.5. The Morgan fingerprint density at radius 2 is 1.57 bits per heavy atom. The van der Waals surface area contributed by atoms with Crippen LogP contribution in [0.15, 0.2) is 78.9 Å². The first-order valence-corrected chi connectivity index (χ1v) is 10.5. The lowest BCUT2D eigenvalue weighted by molar-refractivity contribution is 0.172. The fourth-order valence-electron chi connectivity index (χ4n) is 4.35. The molecule has 0 bridgehead atoms. The highest BCUT2D eigenvalue weighted by Crippen LogP contribution is 2.34. The second kappa shape index (κ2) is 9.18. The van der Waals surface area contributed by atoms with Gasteiger partial charge >= 0.3 is 0 Å². The lowest BCUT2D eigenvalue weighted by Gasteiger charge is -2.38. The van der Waals surface area contributed by atoms with Crippen LogP contribution in [0, 0.1) is 0 Å². The largest absolute Gasteiger partial charge is 0.311 e. The van der Waals surface area contributed by atoms with Crippen molar-refractivity contribution in [3.8, 4) is 0 Å². The summed E-state index contributed by atoms with van der Waals surface area (Å²) in [6, 6.07) is 29.1. The van der Waals surface area contributed by atoms with Gasteiger partial charge in [-0.2, -0.15) is 0 Å². The van der Waals surface area contributed by atoms with Gasteiger partial charge in [-0.1, -0.05) is 85.8 Å². The maximum absolute atomic E-state index is 3.63. The summed E-state index contributed by atoms with van der Waals surface area (Å²) in [5.41, 5.74) is 7.32. The first-order chi connectivity index (χ1) is 13.8. The van der Waals surface area contributed by atoms with Crippen molar-refractivity contribution < 1.29 is 0 Å². The van der Waals surface area contributed by atoms with Crippen LogP contribution in [-0.4, -0.2) is 18.0 Å². The minimum absolute atomic E-state index is 0.463. The van der Waals surface area contributed by atoms with Crippen molar-refractivity contribution in [3.63, 3.8) is 0 Å². The summed E-state index contributed by atoms with van der Waals surface area (Å²) in [5.74, 6) is 0. The number of benzene rings is 3. The summed E-state index contributed by atoms with van der Waals surface area (Å²) >= 11 is 0. The summed E-state index contributed by atoms with van der Waals surface area (Å²) in [6.07, 6.45) is 2.19. The van der Waals surface area contributed by atoms with Crippen LogP contribution < -0.4 is 5.32 Å². The third-order valence-corrected chi connectivity index (χ3v) is 5.89. The minimum Gasteiger partial charge on any atom is -0.311 e. The molecule has 1 unspecified atom stereocenters. The van der Waals surface area contributed by atoms with Crippen LogP contribution >= 0.6 is 0 Å². The van der Waals surface area contributed by atoms with Crippen molar-refractivity contribution in [2.45, 2.75) is 38.9 Å². The second-order valence-corrected chi connectivity index (χ2v) is 7.67. The van der Waals surface area contributed by atoms with Gasteiger partial charge in [0.1, 0.15) is 0 Å². The van der Waals surface area contributed by atoms with E-state index in [0.29, 0.717) is 6.04 Å². The van der Waals surface area contributed by atoms with Crippen LogP contribution in [0.1, 0.15) is 40.8 Å². The van der Waals surface area contributed by atoms with E-state index in [2.05, 4.69) is 96.0 Å². The van der Waals surface area contributed by atoms with Crippen LogP contribution in [0.2, 0.25) is 0 Å². The third kappa shape index (κ3) is 4.35. The molecule has 1 atom stereocenters. The Morgan fingerprint density at radius 1 is 0.857 bits per heavy atom. The van der Waals surface area contributed by atoms with E-state index in [4.69, 9.17) is 0 Å². The molecule has 0 radical (unpaired) electrons. The van der Waals surface area contributed by atoms with Crippen molar-refractivity contribution in [3.05, 3.63) is 107 Å². The van der Waals surface area contributed by atoms with E-state index in [9.17, 15) is 0 Å². The topological polar surface area (TPSA) is 15.3 Å². The van der Waals surface area contributed by atoms with Gasteiger partial charge in [0.15, 0.2) is 0 Å². The average molecular weight is 371 g/mol. The van der Waals surface area contributed by atoms with Crippen LogP contribution in [0.3, 0.4) is 0 Å². The Kier molecular flexibility index (Phi) is 6.20. The number of nitrogens with one attached hydrogen (secondary N) is 1. The number of rotatable bonds is 7. The predicted molar refractivity (Wildman–Crippen MR) is 117 cm³/mol. The SMILES string of the molecule is CCc1ccccc1C1Cc2ccccc2CN1CCNCc1ccccc1. The molecular formula is C26H30N2. The molecule has 4 rings (SSSR count). The number of hydrogen-bond donors (Lipinski definition) is 1. The van der Waals surface area contributed by atoms with Gasteiger partial charge in [-0.3, -0.25) is 4.90 Å². The Hall–Kier alpha value is -2.42. The van der Waals surface area contributed by atoms with Gasteiger partial charge in [-0.25, -0.2) is 0 Å². The van der Waals surface area contributed by atoms with Gasteiger partial charge in [0.25, 0.3) is 0 Å². The quantitative estimate of drug-likeness (QED) is 0.580. The molecule has 2 heteroatoms. The molecule has 0 saturated carbocycles. The van der Waals surface area contributed by atoms with Crippen molar-refractivity contribution in [1.29, 1.82) is 0 Å². The molecule has 28 heavy (non-hydrogen) atoms. The molecule has 0 amide bonds. The maximum Gasteiger partial charge on any atom is 0.0395 e. The molecule has 3 aromatic carbocycles. The van der Waals surface area contributed by atoms with Crippen molar-refractivity contribution >= 4 is 0 Å². The van der Waals surface area contributed by atoms with Crippen LogP contribution in [0.4, 0.5) is 0 Å². The maximum atomic E-state index is 3.63. The monoisotopic (exact) mass is 370 g/mol. The fraction of sp³-hybridized carbons (Fsp3) is 0.308. The number of fused-ring (bicyclic) bond motifs is 1. The number of hydrogen-bond acceptors (Lipinski definition) is 2. The molecule has 144 valence electrons. The third-order valence-electron chi connectivity index (χ3n) is 5.89. The van der Waals surface area contributed by atoms with Crippen LogP contribution in [0.5, 0.6) is 0 Å². The van der Waals surface area contributed by atoms with E-state index >= 15 is 0 Å². The van der Waals surface area contributed by atoms with Gasteiger partial charge in [0.2, 0.25) is 0 Å². The molecule has 1 heterocycles. The molecule has 0 fully saturated rings. The lowest BCUT2D eigenvalue weighted by atomic mass is 9.87. The molecule has 3 aromatic rings. The van der Waals surface area contributed by atoms with E-state index in [-0.39, 0.29) is 0 Å². The molecule has 0 aromatic heterocycles. The molecular weight excluding hydrogens is 340 g/mol. The van der Waals surface area contributed by atoms with Crippen LogP contribution in [-0.2, 0) is 25.9 Å². The van der Waals surface area contributed by atoms with E-state index in [0.717, 1.165) is 39.0 Å².